The number of halogens is 1. The number of ether oxygens (including phenoxy) is 1. The Kier molecular flexibility index (Phi) is 5.68. The van der Waals surface area contributed by atoms with E-state index in [0.717, 1.165) is 0 Å². The summed E-state index contributed by atoms with van der Waals surface area (Å²) < 4.78 is 9.85. The van der Waals surface area contributed by atoms with Gasteiger partial charge in [-0.25, -0.2) is 14.8 Å². The fourth-order valence-electron chi connectivity index (χ4n) is 2.20. The van der Waals surface area contributed by atoms with Gasteiger partial charge in [-0.15, -0.1) is 0 Å². The van der Waals surface area contributed by atoms with Crippen molar-refractivity contribution < 1.29 is 18.7 Å². The Morgan fingerprint density at radius 2 is 2.11 bits per heavy atom. The van der Waals surface area contributed by atoms with Crippen molar-refractivity contribution in [2.45, 2.75) is 6.54 Å². The van der Waals surface area contributed by atoms with E-state index in [9.17, 15) is 9.59 Å². The summed E-state index contributed by atoms with van der Waals surface area (Å²) in [6.07, 6.45) is 2.97. The van der Waals surface area contributed by atoms with Crippen molar-refractivity contribution in [3.8, 4) is 0 Å². The molecule has 3 aromatic rings. The minimum atomic E-state index is -0.498. The number of aromatic nitrogens is 2. The van der Waals surface area contributed by atoms with Gasteiger partial charge in [-0.1, -0.05) is 11.6 Å². The number of carbonyl (C=O) groups is 2. The molecular weight excluding hydrogens is 372 g/mol. The number of rotatable bonds is 6. The Morgan fingerprint density at radius 3 is 2.85 bits per heavy atom. The monoisotopic (exact) mass is 386 g/mol. The lowest BCUT2D eigenvalue weighted by Crippen LogP contribution is -2.24. The third kappa shape index (κ3) is 4.62. The molecule has 2 heterocycles. The molecule has 1 amide bonds. The Bertz CT molecular complexity index is 960. The Balaban J connectivity index is 1.74. The van der Waals surface area contributed by atoms with Crippen molar-refractivity contribution in [1.29, 1.82) is 0 Å². The van der Waals surface area contributed by atoms with Gasteiger partial charge in [0.05, 0.1) is 36.2 Å². The quantitative estimate of drug-likeness (QED) is 0.626. The highest BCUT2D eigenvalue weighted by atomic mass is 35.5. The van der Waals surface area contributed by atoms with Gasteiger partial charge in [0.25, 0.3) is 5.91 Å². The molecule has 0 aliphatic heterocycles. The molecule has 0 aliphatic carbocycles. The lowest BCUT2D eigenvalue weighted by Gasteiger charge is -2.09. The standard InChI is InChI=1S/C18H15ClN4O4/c1-26-17(25)11-4-5-13(19)15(9-11)23-18-20-7-6-14(22-18)16(24)21-10-12-3-2-8-27-12/h2-9H,10H2,1H3,(H,21,24)(H,20,22,23). The zero-order valence-corrected chi connectivity index (χ0v) is 15.0. The summed E-state index contributed by atoms with van der Waals surface area (Å²) in [5.74, 6) is -0.0975. The van der Waals surface area contributed by atoms with Crippen LogP contribution in [0.3, 0.4) is 0 Å². The molecule has 8 nitrogen and oxygen atoms in total. The third-order valence-electron chi connectivity index (χ3n) is 3.53. The van der Waals surface area contributed by atoms with E-state index in [1.165, 1.54) is 31.7 Å². The predicted octanol–water partition coefficient (Wildman–Crippen LogP) is 3.18. The second-order valence-corrected chi connectivity index (χ2v) is 5.75. The largest absolute Gasteiger partial charge is 0.467 e. The van der Waals surface area contributed by atoms with Crippen LogP contribution in [-0.2, 0) is 11.3 Å². The van der Waals surface area contributed by atoms with E-state index in [0.29, 0.717) is 22.0 Å². The number of benzene rings is 1. The molecule has 0 spiro atoms. The molecule has 138 valence electrons. The number of carbonyl (C=O) groups excluding carboxylic acids is 2. The molecule has 0 radical (unpaired) electrons. The second kappa shape index (κ2) is 8.33. The molecule has 0 aliphatic rings. The highest BCUT2D eigenvalue weighted by molar-refractivity contribution is 6.33. The van der Waals surface area contributed by atoms with Crippen LogP contribution in [0.1, 0.15) is 26.6 Å². The van der Waals surface area contributed by atoms with E-state index < -0.39 is 5.97 Å². The smallest absolute Gasteiger partial charge is 0.337 e. The minimum Gasteiger partial charge on any atom is -0.467 e. The third-order valence-corrected chi connectivity index (χ3v) is 3.86. The summed E-state index contributed by atoms with van der Waals surface area (Å²) in [7, 11) is 1.29. The fourth-order valence-corrected chi connectivity index (χ4v) is 2.37. The highest BCUT2D eigenvalue weighted by Gasteiger charge is 2.12. The fraction of sp³-hybridized carbons (Fsp3) is 0.111. The number of anilines is 2. The van der Waals surface area contributed by atoms with Crippen molar-refractivity contribution in [3.05, 3.63) is 70.9 Å². The lowest BCUT2D eigenvalue weighted by atomic mass is 10.2. The van der Waals surface area contributed by atoms with Crippen LogP contribution < -0.4 is 10.6 Å². The molecule has 1 aromatic carbocycles. The van der Waals surface area contributed by atoms with E-state index in [-0.39, 0.29) is 24.1 Å². The molecule has 2 aromatic heterocycles. The summed E-state index contributed by atoms with van der Waals surface area (Å²) in [5, 5.41) is 5.95. The van der Waals surface area contributed by atoms with E-state index in [1.807, 2.05) is 0 Å². The van der Waals surface area contributed by atoms with Crippen molar-refractivity contribution in [2.75, 3.05) is 12.4 Å². The molecule has 2 N–H and O–H groups in total. The van der Waals surface area contributed by atoms with Crippen molar-refractivity contribution in [1.82, 2.24) is 15.3 Å². The van der Waals surface area contributed by atoms with E-state index in [1.54, 1.807) is 24.3 Å². The maximum atomic E-state index is 12.2. The normalized spacial score (nSPS) is 10.3. The number of esters is 1. The molecule has 0 unspecified atom stereocenters. The molecule has 0 saturated heterocycles. The number of amides is 1. The van der Waals surface area contributed by atoms with Gasteiger partial charge >= 0.3 is 5.97 Å². The summed E-state index contributed by atoms with van der Waals surface area (Å²) in [6.45, 7) is 0.242. The number of hydrogen-bond acceptors (Lipinski definition) is 7. The first kappa shape index (κ1) is 18.4. The zero-order chi connectivity index (χ0) is 19.2. The Labute approximate surface area is 159 Å². The summed E-state index contributed by atoms with van der Waals surface area (Å²) in [6, 6.07) is 9.58. The molecular formula is C18H15ClN4O4. The van der Waals surface area contributed by atoms with E-state index in [4.69, 9.17) is 16.0 Å². The van der Waals surface area contributed by atoms with Gasteiger partial charge in [0.2, 0.25) is 5.95 Å². The van der Waals surface area contributed by atoms with Gasteiger partial charge < -0.3 is 19.8 Å². The van der Waals surface area contributed by atoms with Gasteiger partial charge in [-0.3, -0.25) is 4.79 Å². The number of nitrogens with zero attached hydrogens (tertiary/aromatic N) is 2. The molecule has 3 rings (SSSR count). The summed E-state index contributed by atoms with van der Waals surface area (Å²) in [5.41, 5.74) is 0.892. The van der Waals surface area contributed by atoms with Crippen LogP contribution in [0.5, 0.6) is 0 Å². The number of hydrogen-bond donors (Lipinski definition) is 2. The lowest BCUT2D eigenvalue weighted by molar-refractivity contribution is 0.0600. The van der Waals surface area contributed by atoms with Crippen molar-refractivity contribution >= 4 is 35.1 Å². The highest BCUT2D eigenvalue weighted by Crippen LogP contribution is 2.25. The maximum Gasteiger partial charge on any atom is 0.337 e. The first-order valence-corrected chi connectivity index (χ1v) is 8.23. The number of nitrogens with one attached hydrogen (secondary N) is 2. The van der Waals surface area contributed by atoms with Gasteiger partial charge in [0.15, 0.2) is 0 Å². The first-order chi connectivity index (χ1) is 13.1. The van der Waals surface area contributed by atoms with Crippen LogP contribution in [0, 0.1) is 0 Å². The average Bonchev–Trinajstić information content (AvgIpc) is 3.21. The molecule has 9 heteroatoms. The van der Waals surface area contributed by atoms with Crippen molar-refractivity contribution in [3.63, 3.8) is 0 Å². The predicted molar refractivity (Wildman–Crippen MR) is 98.0 cm³/mol. The SMILES string of the molecule is COC(=O)c1ccc(Cl)c(Nc2nccc(C(=O)NCc3ccco3)n2)c1. The van der Waals surface area contributed by atoms with Crippen LogP contribution in [0.4, 0.5) is 11.6 Å². The van der Waals surface area contributed by atoms with Crippen molar-refractivity contribution in [2.24, 2.45) is 0 Å². The van der Waals surface area contributed by atoms with Crippen LogP contribution >= 0.6 is 11.6 Å². The van der Waals surface area contributed by atoms with Gasteiger partial charge in [0.1, 0.15) is 11.5 Å². The summed E-state index contributed by atoms with van der Waals surface area (Å²) >= 11 is 6.14. The summed E-state index contributed by atoms with van der Waals surface area (Å²) in [4.78, 5) is 32.1. The topological polar surface area (TPSA) is 106 Å². The second-order valence-electron chi connectivity index (χ2n) is 5.34. The Morgan fingerprint density at radius 1 is 1.26 bits per heavy atom. The van der Waals surface area contributed by atoms with Gasteiger partial charge in [-0.2, -0.15) is 0 Å². The zero-order valence-electron chi connectivity index (χ0n) is 14.2. The van der Waals surface area contributed by atoms with Gasteiger partial charge in [0, 0.05) is 6.20 Å². The number of furan rings is 1. The number of methoxy groups -OCH3 is 1. The maximum absolute atomic E-state index is 12.2. The molecule has 27 heavy (non-hydrogen) atoms. The minimum absolute atomic E-state index is 0.157. The van der Waals surface area contributed by atoms with Gasteiger partial charge in [-0.05, 0) is 36.4 Å². The molecule has 0 saturated carbocycles. The molecule has 0 atom stereocenters. The van der Waals surface area contributed by atoms with Crippen LogP contribution in [0.15, 0.2) is 53.3 Å². The van der Waals surface area contributed by atoms with Crippen LogP contribution in [-0.4, -0.2) is 29.0 Å². The van der Waals surface area contributed by atoms with Crippen LogP contribution in [0.2, 0.25) is 5.02 Å². The van der Waals surface area contributed by atoms with Crippen LogP contribution in [0.25, 0.3) is 0 Å². The first-order valence-electron chi connectivity index (χ1n) is 7.85. The van der Waals surface area contributed by atoms with E-state index in [2.05, 4.69) is 25.3 Å². The molecule has 0 fully saturated rings. The Hall–Kier alpha value is -3.39. The molecule has 0 bridgehead atoms. The average molecular weight is 387 g/mol. The van der Waals surface area contributed by atoms with E-state index >= 15 is 0 Å².